The average Bonchev–Trinajstić information content (AvgIpc) is 3.45. The fourth-order valence-corrected chi connectivity index (χ4v) is 3.48. The normalized spacial score (nSPS) is 15.5. The van der Waals surface area contributed by atoms with Gasteiger partial charge in [-0.05, 0) is 57.0 Å². The summed E-state index contributed by atoms with van der Waals surface area (Å²) < 4.78 is 11.1. The third kappa shape index (κ3) is 6.33. The first kappa shape index (κ1) is 22.4. The van der Waals surface area contributed by atoms with Gasteiger partial charge in [-0.2, -0.15) is 5.26 Å². The number of ether oxygens (including phenoxy) is 1. The van der Waals surface area contributed by atoms with Crippen molar-refractivity contribution >= 4 is 17.6 Å². The number of amides is 3. The first-order valence-corrected chi connectivity index (χ1v) is 10.5. The number of rotatable bonds is 8. The highest BCUT2D eigenvalue weighted by Gasteiger charge is 2.27. The Bertz CT molecular complexity index is 914. The van der Waals surface area contributed by atoms with Crippen LogP contribution in [0.1, 0.15) is 38.0 Å². The number of nitrogens with zero attached hydrogens (tertiary/aromatic N) is 3. The molecule has 1 fully saturated rings. The highest BCUT2D eigenvalue weighted by atomic mass is 16.5. The van der Waals surface area contributed by atoms with Crippen molar-refractivity contribution in [1.82, 2.24) is 9.80 Å². The van der Waals surface area contributed by atoms with Gasteiger partial charge in [-0.15, -0.1) is 0 Å². The van der Waals surface area contributed by atoms with Gasteiger partial charge in [0.2, 0.25) is 5.91 Å². The molecule has 1 N–H and O–H groups in total. The van der Waals surface area contributed by atoms with E-state index in [9.17, 15) is 9.59 Å². The van der Waals surface area contributed by atoms with Crippen molar-refractivity contribution in [1.29, 1.82) is 5.26 Å². The van der Waals surface area contributed by atoms with Crippen LogP contribution in [0.5, 0.6) is 0 Å². The van der Waals surface area contributed by atoms with Crippen LogP contribution in [0.3, 0.4) is 0 Å². The van der Waals surface area contributed by atoms with Gasteiger partial charge in [0, 0.05) is 24.9 Å². The van der Waals surface area contributed by atoms with Gasteiger partial charge in [0.25, 0.3) is 0 Å². The molecule has 31 heavy (non-hydrogen) atoms. The van der Waals surface area contributed by atoms with Crippen LogP contribution in [-0.2, 0) is 16.1 Å². The molecule has 3 rings (SSSR count). The van der Waals surface area contributed by atoms with E-state index in [0.717, 1.165) is 12.8 Å². The molecule has 1 aliphatic rings. The third-order valence-corrected chi connectivity index (χ3v) is 5.16. The highest BCUT2D eigenvalue weighted by molar-refractivity contribution is 5.92. The summed E-state index contributed by atoms with van der Waals surface area (Å²) in [4.78, 5) is 29.3. The van der Waals surface area contributed by atoms with E-state index in [4.69, 9.17) is 14.4 Å². The number of benzene rings is 1. The van der Waals surface area contributed by atoms with Crippen LogP contribution in [0.4, 0.5) is 10.5 Å². The molecule has 0 saturated carbocycles. The van der Waals surface area contributed by atoms with E-state index < -0.39 is 6.03 Å². The Morgan fingerprint density at radius 2 is 2.13 bits per heavy atom. The lowest BCUT2D eigenvalue weighted by atomic mass is 10.2. The molecular weight excluding hydrogens is 396 g/mol. The monoisotopic (exact) mass is 424 g/mol. The van der Waals surface area contributed by atoms with Crippen LogP contribution >= 0.6 is 0 Å². The molecule has 2 heterocycles. The molecule has 0 bridgehead atoms. The number of hydrogen-bond donors (Lipinski definition) is 1. The van der Waals surface area contributed by atoms with E-state index in [1.165, 1.54) is 4.90 Å². The van der Waals surface area contributed by atoms with Gasteiger partial charge in [0.05, 0.1) is 30.5 Å². The van der Waals surface area contributed by atoms with Crippen molar-refractivity contribution in [2.24, 2.45) is 0 Å². The number of carbonyl (C=O) groups is 2. The summed E-state index contributed by atoms with van der Waals surface area (Å²) in [5.74, 6) is 0.502. The van der Waals surface area contributed by atoms with E-state index in [1.54, 1.807) is 41.5 Å². The lowest BCUT2D eigenvalue weighted by Gasteiger charge is -2.30. The predicted molar refractivity (Wildman–Crippen MR) is 115 cm³/mol. The summed E-state index contributed by atoms with van der Waals surface area (Å²) in [6, 6.07) is 11.7. The number of carbonyl (C=O) groups excluding carboxylic acids is 2. The van der Waals surface area contributed by atoms with Gasteiger partial charge >= 0.3 is 6.03 Å². The van der Waals surface area contributed by atoms with Crippen LogP contribution in [0.25, 0.3) is 0 Å². The minimum Gasteiger partial charge on any atom is -0.467 e. The zero-order valence-electron chi connectivity index (χ0n) is 17.9. The smallest absolute Gasteiger partial charge is 0.322 e. The summed E-state index contributed by atoms with van der Waals surface area (Å²) in [6.07, 6.45) is 3.46. The highest BCUT2D eigenvalue weighted by Crippen LogP contribution is 2.17. The standard InChI is InChI=1S/C23H28N4O4/c1-17(2)27(23(29)25-19-7-3-6-18(12-19)13-24)16-22(28)26(14-20-8-4-10-30-20)15-21-9-5-11-31-21/h3-4,6-8,10,12,17,21H,5,9,11,14-16H2,1-2H3,(H,25,29)/t21-/m0/s1. The summed E-state index contributed by atoms with van der Waals surface area (Å²) in [5.41, 5.74) is 0.958. The van der Waals surface area contributed by atoms with Crippen molar-refractivity contribution in [3.8, 4) is 6.07 Å². The maximum atomic E-state index is 13.2. The molecule has 0 radical (unpaired) electrons. The third-order valence-electron chi connectivity index (χ3n) is 5.16. The Balaban J connectivity index is 1.69. The molecule has 8 heteroatoms. The zero-order valence-corrected chi connectivity index (χ0v) is 17.9. The number of furan rings is 1. The van der Waals surface area contributed by atoms with Crippen molar-refractivity contribution in [3.63, 3.8) is 0 Å². The number of nitrogens with one attached hydrogen (secondary N) is 1. The number of hydrogen-bond acceptors (Lipinski definition) is 5. The Morgan fingerprint density at radius 3 is 2.77 bits per heavy atom. The molecule has 0 unspecified atom stereocenters. The second-order valence-electron chi connectivity index (χ2n) is 7.83. The SMILES string of the molecule is CC(C)N(CC(=O)N(Cc1ccco1)C[C@@H]1CCCO1)C(=O)Nc1cccc(C#N)c1. The first-order valence-electron chi connectivity index (χ1n) is 10.5. The maximum Gasteiger partial charge on any atom is 0.322 e. The Hall–Kier alpha value is -3.31. The van der Waals surface area contributed by atoms with Gasteiger partial charge < -0.3 is 24.3 Å². The lowest BCUT2D eigenvalue weighted by molar-refractivity contribution is -0.134. The van der Waals surface area contributed by atoms with Crippen LogP contribution in [0.15, 0.2) is 47.1 Å². The van der Waals surface area contributed by atoms with E-state index >= 15 is 0 Å². The summed E-state index contributed by atoms with van der Waals surface area (Å²) in [5, 5.41) is 11.8. The van der Waals surface area contributed by atoms with Gasteiger partial charge in [-0.25, -0.2) is 4.79 Å². The van der Waals surface area contributed by atoms with Crippen LogP contribution < -0.4 is 5.32 Å². The maximum absolute atomic E-state index is 13.2. The van der Waals surface area contributed by atoms with Gasteiger partial charge in [0.15, 0.2) is 0 Å². The molecule has 1 aromatic heterocycles. The Kier molecular flexibility index (Phi) is 7.68. The summed E-state index contributed by atoms with van der Waals surface area (Å²) in [6.45, 7) is 5.12. The van der Waals surface area contributed by atoms with Crippen molar-refractivity contribution < 1.29 is 18.7 Å². The van der Waals surface area contributed by atoms with Crippen LogP contribution in [-0.4, -0.2) is 53.6 Å². The summed E-state index contributed by atoms with van der Waals surface area (Å²) in [7, 11) is 0. The second kappa shape index (κ2) is 10.6. The second-order valence-corrected chi connectivity index (χ2v) is 7.83. The fourth-order valence-electron chi connectivity index (χ4n) is 3.48. The Labute approximate surface area is 182 Å². The van der Waals surface area contributed by atoms with Crippen LogP contribution in [0, 0.1) is 11.3 Å². The van der Waals surface area contributed by atoms with Crippen molar-refractivity contribution in [2.75, 3.05) is 25.0 Å². The quantitative estimate of drug-likeness (QED) is 0.698. The molecule has 1 aliphatic heterocycles. The molecule has 8 nitrogen and oxygen atoms in total. The van der Waals surface area contributed by atoms with E-state index in [2.05, 4.69) is 5.32 Å². The molecule has 3 amide bonds. The molecule has 0 aliphatic carbocycles. The first-order chi connectivity index (χ1) is 15.0. The zero-order chi connectivity index (χ0) is 22.2. The minimum atomic E-state index is -0.395. The van der Waals surface area contributed by atoms with Crippen molar-refractivity contribution in [3.05, 3.63) is 54.0 Å². The fraction of sp³-hybridized carbons (Fsp3) is 0.435. The minimum absolute atomic E-state index is 0.00559. The topological polar surface area (TPSA) is 98.8 Å². The molecule has 0 spiro atoms. The van der Waals surface area contributed by atoms with E-state index in [-0.39, 0.29) is 24.6 Å². The van der Waals surface area contributed by atoms with Crippen molar-refractivity contribution in [2.45, 2.75) is 45.4 Å². The van der Waals surface area contributed by atoms with E-state index in [0.29, 0.717) is 36.7 Å². The molecule has 1 aromatic carbocycles. The number of nitriles is 1. The molecular formula is C23H28N4O4. The van der Waals surface area contributed by atoms with E-state index in [1.807, 2.05) is 26.0 Å². The van der Waals surface area contributed by atoms with Gasteiger partial charge in [-0.1, -0.05) is 6.07 Å². The average molecular weight is 425 g/mol. The lowest BCUT2D eigenvalue weighted by Crippen LogP contribution is -2.48. The molecule has 2 aromatic rings. The molecule has 1 atom stereocenters. The van der Waals surface area contributed by atoms with Gasteiger partial charge in [-0.3, -0.25) is 4.79 Å². The Morgan fingerprint density at radius 1 is 1.29 bits per heavy atom. The predicted octanol–water partition coefficient (Wildman–Crippen LogP) is 3.60. The number of urea groups is 1. The molecule has 164 valence electrons. The summed E-state index contributed by atoms with van der Waals surface area (Å²) >= 11 is 0. The van der Waals surface area contributed by atoms with Crippen LogP contribution in [0.2, 0.25) is 0 Å². The van der Waals surface area contributed by atoms with Gasteiger partial charge in [0.1, 0.15) is 12.3 Å². The number of anilines is 1. The molecule has 1 saturated heterocycles. The largest absolute Gasteiger partial charge is 0.467 e.